The molecular weight excluding hydrogens is 394 g/mol. The number of hydrogen-bond acceptors (Lipinski definition) is 5. The van der Waals surface area contributed by atoms with Crippen LogP contribution in [-0.4, -0.2) is 66.5 Å². The fourth-order valence-corrected chi connectivity index (χ4v) is 4.27. The molecule has 0 radical (unpaired) electrons. The van der Waals surface area contributed by atoms with Gasteiger partial charge < -0.3 is 5.11 Å². The molecule has 0 amide bonds. The Morgan fingerprint density at radius 3 is 2.59 bits per heavy atom. The van der Waals surface area contributed by atoms with Gasteiger partial charge in [-0.25, -0.2) is 13.4 Å². The van der Waals surface area contributed by atoms with Crippen LogP contribution in [-0.2, 0) is 10.0 Å². The van der Waals surface area contributed by atoms with Gasteiger partial charge in [0, 0.05) is 38.9 Å². The maximum absolute atomic E-state index is 12.6. The number of sulfonamides is 1. The lowest BCUT2D eigenvalue weighted by molar-refractivity contribution is 0.0896. The summed E-state index contributed by atoms with van der Waals surface area (Å²) < 4.78 is 27.1. The molecule has 6 nitrogen and oxygen atoms in total. The lowest BCUT2D eigenvalue weighted by atomic mass is 10.2. The average molecular weight is 413 g/mol. The number of β-amino-alcohol motifs (C(OH)–C–C–N with tert-alkyl or cyclic N) is 1. The summed E-state index contributed by atoms with van der Waals surface area (Å²) in [5.41, 5.74) is 0. The van der Waals surface area contributed by atoms with E-state index in [1.807, 2.05) is 6.92 Å². The Bertz CT molecular complexity index is 621. The van der Waals surface area contributed by atoms with E-state index >= 15 is 0 Å². The molecule has 1 fully saturated rings. The van der Waals surface area contributed by atoms with Gasteiger partial charge in [0.2, 0.25) is 10.0 Å². The molecule has 1 saturated heterocycles. The first-order valence-electron chi connectivity index (χ1n) is 7.06. The number of pyridine rings is 1. The highest BCUT2D eigenvalue weighted by Crippen LogP contribution is 2.25. The van der Waals surface area contributed by atoms with E-state index in [2.05, 4.69) is 25.8 Å². The molecule has 1 aromatic rings. The number of piperazine rings is 1. The number of aliphatic hydroxyl groups excluding tert-OH is 1. The Kier molecular flexibility index (Phi) is 6.21. The summed E-state index contributed by atoms with van der Waals surface area (Å²) in [6.07, 6.45) is 1.61. The maximum atomic E-state index is 12.6. The first-order valence-corrected chi connectivity index (χ1v) is 9.67. The fraction of sp³-hybridized carbons (Fsp3) is 0.615. The summed E-state index contributed by atoms with van der Waals surface area (Å²) in [4.78, 5) is 6.08. The van der Waals surface area contributed by atoms with E-state index in [0.29, 0.717) is 43.6 Å². The van der Waals surface area contributed by atoms with Crippen molar-refractivity contribution in [3.8, 4) is 0 Å². The molecule has 1 aliphatic heterocycles. The van der Waals surface area contributed by atoms with Crippen LogP contribution >= 0.6 is 27.5 Å². The van der Waals surface area contributed by atoms with Crippen LogP contribution < -0.4 is 0 Å². The molecule has 2 heterocycles. The second-order valence-corrected chi connectivity index (χ2v) is 8.36. The van der Waals surface area contributed by atoms with Crippen LogP contribution in [0.2, 0.25) is 5.15 Å². The minimum atomic E-state index is -3.57. The highest BCUT2D eigenvalue weighted by atomic mass is 79.9. The van der Waals surface area contributed by atoms with Crippen LogP contribution in [0.1, 0.15) is 13.3 Å². The molecule has 1 aromatic heterocycles. The van der Waals surface area contributed by atoms with Gasteiger partial charge in [-0.05, 0) is 28.4 Å². The first-order chi connectivity index (χ1) is 10.3. The molecule has 9 heteroatoms. The van der Waals surface area contributed by atoms with Crippen molar-refractivity contribution in [3.63, 3.8) is 0 Å². The first kappa shape index (κ1) is 18.1. The Labute approximate surface area is 144 Å². The molecule has 1 aliphatic rings. The minimum Gasteiger partial charge on any atom is -0.392 e. The van der Waals surface area contributed by atoms with Crippen LogP contribution in [0.25, 0.3) is 0 Å². The lowest BCUT2D eigenvalue weighted by Gasteiger charge is -2.34. The third-order valence-corrected chi connectivity index (χ3v) is 6.68. The number of hydrogen-bond donors (Lipinski definition) is 1. The Morgan fingerprint density at radius 1 is 1.41 bits per heavy atom. The smallest absolute Gasteiger partial charge is 0.244 e. The average Bonchev–Trinajstić information content (AvgIpc) is 2.50. The normalized spacial score (nSPS) is 19.3. The van der Waals surface area contributed by atoms with Crippen LogP contribution in [0.5, 0.6) is 0 Å². The molecule has 2 rings (SSSR count). The van der Waals surface area contributed by atoms with Gasteiger partial charge in [-0.15, -0.1) is 0 Å². The highest BCUT2D eigenvalue weighted by Gasteiger charge is 2.29. The molecule has 1 atom stereocenters. The number of rotatable bonds is 5. The van der Waals surface area contributed by atoms with E-state index in [1.54, 1.807) is 0 Å². The zero-order chi connectivity index (χ0) is 16.3. The highest BCUT2D eigenvalue weighted by molar-refractivity contribution is 9.10. The minimum absolute atomic E-state index is 0.130. The van der Waals surface area contributed by atoms with Crippen LogP contribution in [0.15, 0.2) is 21.6 Å². The largest absolute Gasteiger partial charge is 0.392 e. The summed E-state index contributed by atoms with van der Waals surface area (Å²) in [5.74, 6) is 0. The predicted molar refractivity (Wildman–Crippen MR) is 88.4 cm³/mol. The number of halogens is 2. The molecule has 1 N–H and O–H groups in total. The van der Waals surface area contributed by atoms with Crippen LogP contribution in [0, 0.1) is 0 Å². The summed E-state index contributed by atoms with van der Waals surface area (Å²) >= 11 is 8.99. The molecular formula is C13H19BrClN3O3S. The van der Waals surface area contributed by atoms with Crippen molar-refractivity contribution in [3.05, 3.63) is 21.9 Å². The summed E-state index contributed by atoms with van der Waals surface area (Å²) in [6.45, 7) is 4.53. The maximum Gasteiger partial charge on any atom is 0.244 e. The van der Waals surface area contributed by atoms with Gasteiger partial charge in [-0.3, -0.25) is 4.90 Å². The Hall–Kier alpha value is -0.250. The van der Waals surface area contributed by atoms with Gasteiger partial charge in [0.1, 0.15) is 10.0 Å². The van der Waals surface area contributed by atoms with Gasteiger partial charge in [-0.1, -0.05) is 18.5 Å². The fourth-order valence-electron chi connectivity index (χ4n) is 2.27. The van der Waals surface area contributed by atoms with Crippen molar-refractivity contribution >= 4 is 37.6 Å². The van der Waals surface area contributed by atoms with Crippen LogP contribution in [0.3, 0.4) is 0 Å². The third kappa shape index (κ3) is 4.18. The predicted octanol–water partition coefficient (Wildman–Crippen LogP) is 1.57. The quantitative estimate of drug-likeness (QED) is 0.743. The van der Waals surface area contributed by atoms with Crippen molar-refractivity contribution in [1.82, 2.24) is 14.2 Å². The Morgan fingerprint density at radius 2 is 2.05 bits per heavy atom. The number of aromatic nitrogens is 1. The van der Waals surface area contributed by atoms with E-state index in [9.17, 15) is 13.5 Å². The summed E-state index contributed by atoms with van der Waals surface area (Å²) in [7, 11) is -3.57. The lowest BCUT2D eigenvalue weighted by Crippen LogP contribution is -2.50. The van der Waals surface area contributed by atoms with Crippen molar-refractivity contribution in [1.29, 1.82) is 0 Å². The number of nitrogens with zero attached hydrogens (tertiary/aromatic N) is 3. The standard InChI is InChI=1S/C13H19BrClN3O3S/c1-2-10(19)9-17-3-5-18(6-4-17)22(20,21)11-7-12(14)13(15)16-8-11/h7-8,10,19H,2-6,9H2,1H3/t10-/m0/s1. The SMILES string of the molecule is CC[C@H](O)CN1CCN(S(=O)(=O)c2cnc(Cl)c(Br)c2)CC1. The van der Waals surface area contributed by atoms with E-state index in [4.69, 9.17) is 11.6 Å². The molecule has 0 saturated carbocycles. The topological polar surface area (TPSA) is 73.7 Å². The molecule has 0 spiro atoms. The van der Waals surface area contributed by atoms with Crippen molar-refractivity contribution in [2.45, 2.75) is 24.3 Å². The second kappa shape index (κ2) is 7.55. The molecule has 0 aromatic carbocycles. The zero-order valence-electron chi connectivity index (χ0n) is 12.2. The van der Waals surface area contributed by atoms with E-state index in [-0.39, 0.29) is 16.2 Å². The van der Waals surface area contributed by atoms with Gasteiger partial charge >= 0.3 is 0 Å². The third-order valence-electron chi connectivity index (χ3n) is 3.68. The van der Waals surface area contributed by atoms with Gasteiger partial charge in [0.15, 0.2) is 0 Å². The zero-order valence-corrected chi connectivity index (χ0v) is 15.4. The monoisotopic (exact) mass is 411 g/mol. The van der Waals surface area contributed by atoms with Crippen molar-refractivity contribution in [2.75, 3.05) is 32.7 Å². The van der Waals surface area contributed by atoms with Crippen LogP contribution in [0.4, 0.5) is 0 Å². The summed E-state index contributed by atoms with van der Waals surface area (Å²) in [6, 6.07) is 1.47. The second-order valence-electron chi connectivity index (χ2n) is 5.21. The van der Waals surface area contributed by atoms with E-state index in [0.717, 1.165) is 0 Å². The number of aliphatic hydroxyl groups is 1. The Balaban J connectivity index is 2.04. The van der Waals surface area contributed by atoms with Gasteiger partial charge in [0.25, 0.3) is 0 Å². The van der Waals surface area contributed by atoms with E-state index < -0.39 is 10.0 Å². The summed E-state index contributed by atoms with van der Waals surface area (Å²) in [5, 5.41) is 9.90. The van der Waals surface area contributed by atoms with Gasteiger partial charge in [-0.2, -0.15) is 4.31 Å². The molecule has 0 bridgehead atoms. The molecule has 124 valence electrons. The molecule has 0 aliphatic carbocycles. The molecule has 0 unspecified atom stereocenters. The van der Waals surface area contributed by atoms with Gasteiger partial charge in [0.05, 0.1) is 10.6 Å². The van der Waals surface area contributed by atoms with E-state index in [1.165, 1.54) is 16.6 Å². The van der Waals surface area contributed by atoms with Crippen molar-refractivity contribution in [2.24, 2.45) is 0 Å². The van der Waals surface area contributed by atoms with Crippen molar-refractivity contribution < 1.29 is 13.5 Å². The molecule has 22 heavy (non-hydrogen) atoms.